The Balaban J connectivity index is 2.36. The molecule has 1 aliphatic carbocycles. The molecular weight excluding hydrogens is 824 g/mol. The van der Waals surface area contributed by atoms with Crippen molar-refractivity contribution in [2.75, 3.05) is 19.8 Å². The van der Waals surface area contributed by atoms with Crippen molar-refractivity contribution in [2.45, 2.75) is 243 Å². The van der Waals surface area contributed by atoms with E-state index in [9.17, 15) is 39.8 Å². The van der Waals surface area contributed by atoms with Crippen molar-refractivity contribution in [3.63, 3.8) is 0 Å². The standard InChI is InChI=1S/C50H91O12P/c1-3-5-7-9-11-13-15-17-19-21-22-23-24-25-27-29-31-33-35-37-39-44(51)61-43(42-60-63(57,58)62-50-48(55)46(53)45(52)47(54)49(50)56)41-59-40-38-36-34-32-30-28-26-20-18-16-14-12-10-8-6-4-2/h6,8,12,14,18,20,28,30,43,45-50,52-56H,3-5,7,9-11,13,15-17,19,21-27,29,31-42H2,1-2H3,(H,57,58)/b8-6-,14-12-,20-18-,30-28-. The van der Waals surface area contributed by atoms with Crippen LogP contribution in [0.25, 0.3) is 0 Å². The zero-order valence-corrected chi connectivity index (χ0v) is 40.3. The third-order valence-corrected chi connectivity index (χ3v) is 12.5. The lowest BCUT2D eigenvalue weighted by molar-refractivity contribution is -0.220. The second kappa shape index (κ2) is 40.6. The van der Waals surface area contributed by atoms with Gasteiger partial charge in [-0.1, -0.05) is 191 Å². The third-order valence-electron chi connectivity index (χ3n) is 11.5. The minimum Gasteiger partial charge on any atom is -0.457 e. The van der Waals surface area contributed by atoms with Crippen LogP contribution in [0.4, 0.5) is 0 Å². The molecular formula is C50H91O12P. The first-order valence-corrected chi connectivity index (χ1v) is 26.5. The van der Waals surface area contributed by atoms with Gasteiger partial charge in [0.25, 0.3) is 0 Å². The summed E-state index contributed by atoms with van der Waals surface area (Å²) in [7, 11) is -5.03. The van der Waals surface area contributed by atoms with Crippen molar-refractivity contribution >= 4 is 13.8 Å². The first-order valence-electron chi connectivity index (χ1n) is 25.0. The van der Waals surface area contributed by atoms with E-state index in [1.165, 1.54) is 103 Å². The summed E-state index contributed by atoms with van der Waals surface area (Å²) in [6.07, 6.45) is 37.5. The normalized spacial score (nSPS) is 22.2. The monoisotopic (exact) mass is 915 g/mol. The fourth-order valence-electron chi connectivity index (χ4n) is 7.52. The molecule has 1 rings (SSSR count). The molecule has 6 atom stereocenters. The van der Waals surface area contributed by atoms with Crippen LogP contribution < -0.4 is 0 Å². The van der Waals surface area contributed by atoms with Crippen LogP contribution in [-0.2, 0) is 27.9 Å². The molecule has 368 valence electrons. The third kappa shape index (κ3) is 32.6. The zero-order chi connectivity index (χ0) is 46.2. The number of hydrogen-bond acceptors (Lipinski definition) is 11. The SMILES string of the molecule is CC/C=C\C/C=C\C/C=C\C/C=C\CCCCCOCC(COP(=O)(O)OC1C(O)C(O)C(O)C(O)C1O)OC(=O)CCCCCCCCCCCCCCCCCCCCCC. The molecule has 6 unspecified atom stereocenters. The second-order valence-corrected chi connectivity index (χ2v) is 18.7. The molecule has 1 aliphatic rings. The second-order valence-electron chi connectivity index (χ2n) is 17.3. The summed E-state index contributed by atoms with van der Waals surface area (Å²) in [5, 5.41) is 50.2. The Morgan fingerprint density at radius 1 is 0.524 bits per heavy atom. The summed E-state index contributed by atoms with van der Waals surface area (Å²) in [5.41, 5.74) is 0. The van der Waals surface area contributed by atoms with Crippen LogP contribution in [0.2, 0.25) is 0 Å². The molecule has 0 aliphatic heterocycles. The Bertz CT molecular complexity index is 1230. The maximum absolute atomic E-state index is 12.8. The van der Waals surface area contributed by atoms with E-state index in [4.69, 9.17) is 18.5 Å². The lowest BCUT2D eigenvalue weighted by Gasteiger charge is -2.41. The molecule has 12 nitrogen and oxygen atoms in total. The minimum atomic E-state index is -5.03. The Kier molecular flexibility index (Phi) is 38.2. The number of ether oxygens (including phenoxy) is 2. The average Bonchev–Trinajstić information content (AvgIpc) is 3.27. The summed E-state index contributed by atoms with van der Waals surface area (Å²) in [4.78, 5) is 23.2. The number of allylic oxidation sites excluding steroid dienone is 8. The number of aliphatic hydroxyl groups excluding tert-OH is 5. The fourth-order valence-corrected chi connectivity index (χ4v) is 8.50. The topological polar surface area (TPSA) is 192 Å². The number of esters is 1. The molecule has 0 aromatic rings. The molecule has 0 heterocycles. The smallest absolute Gasteiger partial charge is 0.457 e. The van der Waals surface area contributed by atoms with Gasteiger partial charge >= 0.3 is 13.8 Å². The van der Waals surface area contributed by atoms with Crippen LogP contribution in [0.1, 0.15) is 200 Å². The van der Waals surface area contributed by atoms with Crippen molar-refractivity contribution in [3.8, 4) is 0 Å². The highest BCUT2D eigenvalue weighted by atomic mass is 31.2. The van der Waals surface area contributed by atoms with Gasteiger partial charge in [-0.2, -0.15) is 0 Å². The van der Waals surface area contributed by atoms with E-state index < -0.39 is 63.1 Å². The Hall–Kier alpha value is -1.70. The maximum Gasteiger partial charge on any atom is 0.472 e. The molecule has 0 radical (unpaired) electrons. The molecule has 0 spiro atoms. The number of phosphoric ester groups is 1. The van der Waals surface area contributed by atoms with Crippen LogP contribution >= 0.6 is 7.82 Å². The van der Waals surface area contributed by atoms with Crippen LogP contribution in [0, 0.1) is 0 Å². The number of phosphoric acid groups is 1. The van der Waals surface area contributed by atoms with Crippen molar-refractivity contribution in [3.05, 3.63) is 48.6 Å². The van der Waals surface area contributed by atoms with Gasteiger partial charge in [0.2, 0.25) is 0 Å². The molecule has 6 N–H and O–H groups in total. The predicted molar refractivity (Wildman–Crippen MR) is 253 cm³/mol. The Labute approximate surface area is 382 Å². The number of hydrogen-bond donors (Lipinski definition) is 6. The number of carbonyl (C=O) groups excluding carboxylic acids is 1. The van der Waals surface area contributed by atoms with Crippen molar-refractivity contribution in [1.29, 1.82) is 0 Å². The summed E-state index contributed by atoms with van der Waals surface area (Å²) < 4.78 is 34.2. The van der Waals surface area contributed by atoms with Gasteiger partial charge in [0.15, 0.2) is 0 Å². The molecule has 63 heavy (non-hydrogen) atoms. The molecule has 0 aromatic heterocycles. The quantitative estimate of drug-likeness (QED) is 0.0147. The van der Waals surface area contributed by atoms with Gasteiger partial charge in [-0.3, -0.25) is 13.8 Å². The maximum atomic E-state index is 12.8. The molecule has 1 fully saturated rings. The Morgan fingerprint density at radius 3 is 1.41 bits per heavy atom. The first-order chi connectivity index (χ1) is 30.5. The molecule has 0 saturated heterocycles. The van der Waals surface area contributed by atoms with Gasteiger partial charge in [-0.15, -0.1) is 0 Å². The lowest BCUT2D eigenvalue weighted by Crippen LogP contribution is -2.64. The zero-order valence-electron chi connectivity index (χ0n) is 39.4. The van der Waals surface area contributed by atoms with E-state index in [1.807, 2.05) is 0 Å². The highest BCUT2D eigenvalue weighted by molar-refractivity contribution is 7.47. The van der Waals surface area contributed by atoms with Gasteiger partial charge in [0, 0.05) is 13.0 Å². The predicted octanol–water partition coefficient (Wildman–Crippen LogP) is 10.8. The molecule has 0 bridgehead atoms. The van der Waals surface area contributed by atoms with Gasteiger partial charge in [0.05, 0.1) is 13.2 Å². The van der Waals surface area contributed by atoms with Crippen LogP contribution in [0.3, 0.4) is 0 Å². The molecule has 0 amide bonds. The van der Waals surface area contributed by atoms with Crippen molar-refractivity contribution < 1.29 is 58.3 Å². The van der Waals surface area contributed by atoms with Gasteiger partial charge in [-0.25, -0.2) is 4.57 Å². The van der Waals surface area contributed by atoms with E-state index in [1.54, 1.807) is 0 Å². The van der Waals surface area contributed by atoms with Crippen LogP contribution in [0.15, 0.2) is 48.6 Å². The summed E-state index contributed by atoms with van der Waals surface area (Å²) >= 11 is 0. The number of unbranched alkanes of at least 4 members (excludes halogenated alkanes) is 22. The minimum absolute atomic E-state index is 0.0971. The summed E-state index contributed by atoms with van der Waals surface area (Å²) in [5.74, 6) is -0.486. The fraction of sp³-hybridized carbons (Fsp3) is 0.820. The first kappa shape index (κ1) is 59.3. The van der Waals surface area contributed by atoms with Crippen molar-refractivity contribution in [1.82, 2.24) is 0 Å². The Morgan fingerprint density at radius 2 is 0.937 bits per heavy atom. The van der Waals surface area contributed by atoms with Gasteiger partial charge in [0.1, 0.15) is 42.7 Å². The summed E-state index contributed by atoms with van der Waals surface area (Å²) in [6, 6.07) is 0. The van der Waals surface area contributed by atoms with E-state index in [-0.39, 0.29) is 13.0 Å². The van der Waals surface area contributed by atoms with Gasteiger partial charge in [-0.05, 0) is 51.4 Å². The highest BCUT2D eigenvalue weighted by Crippen LogP contribution is 2.47. The van der Waals surface area contributed by atoms with E-state index >= 15 is 0 Å². The lowest BCUT2D eigenvalue weighted by atomic mass is 9.85. The molecule has 1 saturated carbocycles. The summed E-state index contributed by atoms with van der Waals surface area (Å²) in [6.45, 7) is 4.09. The molecule has 13 heteroatoms. The van der Waals surface area contributed by atoms with Crippen LogP contribution in [-0.4, -0.2) is 98.9 Å². The van der Waals surface area contributed by atoms with E-state index in [0.29, 0.717) is 13.0 Å². The number of carbonyl (C=O) groups is 1. The van der Waals surface area contributed by atoms with Crippen LogP contribution in [0.5, 0.6) is 0 Å². The highest BCUT2D eigenvalue weighted by Gasteiger charge is 2.51. The number of aliphatic hydroxyl groups is 5. The largest absolute Gasteiger partial charge is 0.472 e. The number of rotatable bonds is 42. The van der Waals surface area contributed by atoms with E-state index in [2.05, 4.69) is 62.5 Å². The van der Waals surface area contributed by atoms with Gasteiger partial charge < -0.3 is 39.9 Å². The average molecular weight is 915 g/mol. The van der Waals surface area contributed by atoms with E-state index in [0.717, 1.165) is 70.6 Å². The molecule has 0 aromatic carbocycles. The van der Waals surface area contributed by atoms with Crippen molar-refractivity contribution in [2.24, 2.45) is 0 Å².